The van der Waals surface area contributed by atoms with E-state index in [4.69, 9.17) is 0 Å². The van der Waals surface area contributed by atoms with Crippen LogP contribution in [0.4, 0.5) is 0 Å². The van der Waals surface area contributed by atoms with Gasteiger partial charge in [-0.05, 0) is 5.56 Å². The van der Waals surface area contributed by atoms with Crippen LogP contribution in [0.1, 0.15) is 21.1 Å². The molecule has 0 radical (unpaired) electrons. The molecule has 0 fully saturated rings. The molecule has 16 heavy (non-hydrogen) atoms. The van der Waals surface area contributed by atoms with E-state index in [2.05, 4.69) is 4.98 Å². The Bertz CT molecular complexity index is 470. The Morgan fingerprint density at radius 3 is 2.56 bits per heavy atom. The summed E-state index contributed by atoms with van der Waals surface area (Å²) in [5.74, 6) is -1.21. The van der Waals surface area contributed by atoms with Gasteiger partial charge in [0.25, 0.3) is 0 Å². The van der Waals surface area contributed by atoms with Crippen LogP contribution in [0.25, 0.3) is 0 Å². The van der Waals surface area contributed by atoms with Crippen molar-refractivity contribution in [1.29, 1.82) is 0 Å². The molecular weight excluding hydrogens is 217 g/mol. The number of aromatic carboxylic acids is 1. The van der Waals surface area contributed by atoms with Gasteiger partial charge in [-0.15, -0.1) is 11.3 Å². The maximum atomic E-state index is 10.5. The van der Waals surface area contributed by atoms with Crippen molar-refractivity contribution in [2.24, 2.45) is 0 Å². The molecule has 0 amide bonds. The summed E-state index contributed by atoms with van der Waals surface area (Å²) >= 11 is 1.10. The van der Waals surface area contributed by atoms with Gasteiger partial charge >= 0.3 is 18.9 Å². The summed E-state index contributed by atoms with van der Waals surface area (Å²) in [4.78, 5) is 14.5. The number of thiazole rings is 1. The minimum absolute atomic E-state index is 0. The van der Waals surface area contributed by atoms with Gasteiger partial charge in [-0.3, -0.25) is 0 Å². The molecule has 2 rings (SSSR count). The molecule has 0 spiro atoms. The van der Waals surface area contributed by atoms with E-state index in [9.17, 15) is 9.90 Å². The number of aromatic nitrogens is 1. The van der Waals surface area contributed by atoms with Crippen LogP contribution in [0, 0.1) is 0 Å². The number of rotatable bonds is 3. The molecule has 0 aliphatic rings. The second-order valence-electron chi connectivity index (χ2n) is 3.09. The van der Waals surface area contributed by atoms with Crippen LogP contribution >= 0.6 is 11.3 Å². The molecule has 1 aromatic heterocycles. The average Bonchev–Trinajstić information content (AvgIpc) is 2.68. The van der Waals surface area contributed by atoms with Gasteiger partial charge in [-0.25, -0.2) is 4.98 Å². The smallest absolute Gasteiger partial charge is 0.542 e. The third kappa shape index (κ3) is 3.21. The molecule has 0 unspecified atom stereocenters. The summed E-state index contributed by atoms with van der Waals surface area (Å²) in [6, 6.07) is 9.80. The van der Waals surface area contributed by atoms with Gasteiger partial charge < -0.3 is 9.90 Å². The molecule has 2 aromatic rings. The first-order valence-corrected chi connectivity index (χ1v) is 5.33. The van der Waals surface area contributed by atoms with Gasteiger partial charge in [-0.1, -0.05) is 30.3 Å². The van der Waals surface area contributed by atoms with Crippen LogP contribution in [-0.4, -0.2) is 11.0 Å². The summed E-state index contributed by atoms with van der Waals surface area (Å²) in [6.07, 6.45) is 0.657. The maximum Gasteiger partial charge on any atom is 1.00 e. The molecule has 0 saturated carbocycles. The Hall–Kier alpha value is -1.08. The van der Waals surface area contributed by atoms with Crippen molar-refractivity contribution in [3.8, 4) is 0 Å². The van der Waals surface area contributed by atoms with Gasteiger partial charge in [-0.2, -0.15) is 0 Å². The van der Waals surface area contributed by atoms with Crippen LogP contribution in [-0.2, 0) is 6.42 Å². The SMILES string of the molecule is O=C([O-])c1nc(Cc2ccccc2)cs1.[Li+]. The first-order valence-electron chi connectivity index (χ1n) is 4.45. The number of hydrogen-bond donors (Lipinski definition) is 0. The summed E-state index contributed by atoms with van der Waals surface area (Å²) in [6.45, 7) is 0. The summed E-state index contributed by atoms with van der Waals surface area (Å²) < 4.78 is 0. The number of carboxylic acid groups (broad SMARTS) is 1. The number of carbonyl (C=O) groups is 1. The Morgan fingerprint density at radius 2 is 2.00 bits per heavy atom. The van der Waals surface area contributed by atoms with Crippen molar-refractivity contribution in [2.75, 3.05) is 0 Å². The second kappa shape index (κ2) is 5.85. The first kappa shape index (κ1) is 13.0. The minimum Gasteiger partial charge on any atom is -0.542 e. The molecule has 3 nitrogen and oxygen atoms in total. The molecule has 76 valence electrons. The van der Waals surface area contributed by atoms with Gasteiger partial charge in [0.05, 0.1) is 5.69 Å². The van der Waals surface area contributed by atoms with E-state index in [0.29, 0.717) is 6.42 Å². The number of carbonyl (C=O) groups excluding carboxylic acids is 1. The number of hydrogen-bond acceptors (Lipinski definition) is 4. The van der Waals surface area contributed by atoms with Crippen molar-refractivity contribution in [3.05, 3.63) is 52.0 Å². The fourth-order valence-electron chi connectivity index (χ4n) is 1.29. The zero-order chi connectivity index (χ0) is 10.7. The van der Waals surface area contributed by atoms with Gasteiger partial charge in [0.15, 0.2) is 0 Å². The molecule has 0 bridgehead atoms. The predicted molar refractivity (Wildman–Crippen MR) is 55.7 cm³/mol. The van der Waals surface area contributed by atoms with Crippen LogP contribution in [0.15, 0.2) is 35.7 Å². The average molecular weight is 225 g/mol. The van der Waals surface area contributed by atoms with E-state index < -0.39 is 5.97 Å². The molecule has 0 aliphatic carbocycles. The van der Waals surface area contributed by atoms with Crippen molar-refractivity contribution >= 4 is 17.3 Å². The van der Waals surface area contributed by atoms with Crippen LogP contribution in [0.2, 0.25) is 0 Å². The maximum absolute atomic E-state index is 10.5. The zero-order valence-electron chi connectivity index (χ0n) is 8.84. The fourth-order valence-corrected chi connectivity index (χ4v) is 1.94. The summed E-state index contributed by atoms with van der Waals surface area (Å²) in [7, 11) is 0. The third-order valence-electron chi connectivity index (χ3n) is 1.95. The van der Waals surface area contributed by atoms with Crippen molar-refractivity contribution in [1.82, 2.24) is 4.98 Å². The predicted octanol–water partition coefficient (Wildman–Crippen LogP) is -1.90. The number of carboxylic acids is 1. The summed E-state index contributed by atoms with van der Waals surface area (Å²) in [5, 5.41) is 12.3. The van der Waals surface area contributed by atoms with Crippen LogP contribution < -0.4 is 24.0 Å². The van der Waals surface area contributed by atoms with Crippen molar-refractivity contribution in [2.45, 2.75) is 6.42 Å². The largest absolute Gasteiger partial charge is 1.00 e. The number of nitrogens with zero attached hydrogens (tertiary/aromatic N) is 1. The van der Waals surface area contributed by atoms with E-state index in [1.54, 1.807) is 5.38 Å². The Balaban J connectivity index is 0.00000128. The van der Waals surface area contributed by atoms with E-state index in [1.807, 2.05) is 30.3 Å². The van der Waals surface area contributed by atoms with E-state index in [1.165, 1.54) is 0 Å². The molecule has 0 saturated heterocycles. The Morgan fingerprint density at radius 1 is 1.31 bits per heavy atom. The molecule has 1 heterocycles. The van der Waals surface area contributed by atoms with Crippen LogP contribution in [0.5, 0.6) is 0 Å². The standard InChI is InChI=1S/C11H9NO2S.Li/c13-11(14)10-12-9(7-15-10)6-8-4-2-1-3-5-8;/h1-5,7H,6H2,(H,13,14);/q;+1/p-1. The third-order valence-corrected chi connectivity index (χ3v) is 2.83. The zero-order valence-corrected chi connectivity index (χ0v) is 9.66. The molecule has 0 atom stereocenters. The Kier molecular flexibility index (Phi) is 4.75. The quantitative estimate of drug-likeness (QED) is 0.573. The molecule has 1 aromatic carbocycles. The molecule has 5 heteroatoms. The van der Waals surface area contributed by atoms with Crippen molar-refractivity contribution in [3.63, 3.8) is 0 Å². The number of benzene rings is 1. The topological polar surface area (TPSA) is 53.0 Å². The normalized spacial score (nSPS) is 9.50. The van der Waals surface area contributed by atoms with Gasteiger partial charge in [0, 0.05) is 11.8 Å². The van der Waals surface area contributed by atoms with E-state index in [0.717, 1.165) is 22.6 Å². The molecular formula is C11H8LiNO2S. The van der Waals surface area contributed by atoms with E-state index >= 15 is 0 Å². The van der Waals surface area contributed by atoms with Crippen LogP contribution in [0.3, 0.4) is 0 Å². The molecule has 0 N–H and O–H groups in total. The van der Waals surface area contributed by atoms with Crippen molar-refractivity contribution < 1.29 is 28.8 Å². The van der Waals surface area contributed by atoms with Gasteiger partial charge in [0.2, 0.25) is 0 Å². The van der Waals surface area contributed by atoms with Gasteiger partial charge in [0.1, 0.15) is 11.0 Å². The minimum atomic E-state index is -1.21. The second-order valence-corrected chi connectivity index (χ2v) is 3.95. The molecule has 0 aliphatic heterocycles. The Labute approximate surface area is 109 Å². The monoisotopic (exact) mass is 225 g/mol. The summed E-state index contributed by atoms with van der Waals surface area (Å²) in [5.41, 5.74) is 1.89. The fraction of sp³-hybridized carbons (Fsp3) is 0.0909. The first-order chi connectivity index (χ1) is 7.25. The van der Waals surface area contributed by atoms with E-state index in [-0.39, 0.29) is 23.9 Å².